The number of nitrogens with one attached hydrogen (secondary N) is 1. The lowest BCUT2D eigenvalue weighted by molar-refractivity contribution is 0.0493. The van der Waals surface area contributed by atoms with Crippen molar-refractivity contribution in [3.05, 3.63) is 23.9 Å². The SMILES string of the molecule is Cc1ccc(NC(=O)N2CCN(CCOC(C)C)CC2)nc1. The number of aromatic nitrogens is 1. The maximum absolute atomic E-state index is 12.2. The van der Waals surface area contributed by atoms with Crippen molar-refractivity contribution in [2.75, 3.05) is 44.6 Å². The summed E-state index contributed by atoms with van der Waals surface area (Å²) in [5.74, 6) is 0.600. The van der Waals surface area contributed by atoms with Gasteiger partial charge in [-0.05, 0) is 32.4 Å². The largest absolute Gasteiger partial charge is 0.377 e. The monoisotopic (exact) mass is 306 g/mol. The minimum atomic E-state index is -0.0746. The topological polar surface area (TPSA) is 57.7 Å². The van der Waals surface area contributed by atoms with E-state index in [4.69, 9.17) is 4.74 Å². The molecular weight excluding hydrogens is 280 g/mol. The van der Waals surface area contributed by atoms with E-state index in [0.717, 1.165) is 44.9 Å². The van der Waals surface area contributed by atoms with E-state index in [-0.39, 0.29) is 12.1 Å². The lowest BCUT2D eigenvalue weighted by atomic mass is 10.3. The lowest BCUT2D eigenvalue weighted by Crippen LogP contribution is -2.50. The number of hydrogen-bond donors (Lipinski definition) is 1. The van der Waals surface area contributed by atoms with Gasteiger partial charge in [-0.3, -0.25) is 10.2 Å². The van der Waals surface area contributed by atoms with E-state index in [1.165, 1.54) is 0 Å². The van der Waals surface area contributed by atoms with E-state index in [1.54, 1.807) is 6.20 Å². The molecule has 2 heterocycles. The number of carbonyl (C=O) groups is 1. The van der Waals surface area contributed by atoms with Gasteiger partial charge in [-0.2, -0.15) is 0 Å². The summed E-state index contributed by atoms with van der Waals surface area (Å²) in [6.07, 6.45) is 2.02. The summed E-state index contributed by atoms with van der Waals surface area (Å²) in [7, 11) is 0. The summed E-state index contributed by atoms with van der Waals surface area (Å²) < 4.78 is 5.56. The molecule has 0 saturated carbocycles. The molecular formula is C16H26N4O2. The number of anilines is 1. The first-order valence-electron chi connectivity index (χ1n) is 7.87. The molecule has 2 amide bonds. The number of pyridine rings is 1. The van der Waals surface area contributed by atoms with E-state index in [1.807, 2.05) is 37.8 Å². The molecule has 1 aromatic rings. The molecule has 1 aliphatic rings. The Hall–Kier alpha value is -1.66. The zero-order valence-corrected chi connectivity index (χ0v) is 13.7. The fourth-order valence-corrected chi connectivity index (χ4v) is 2.32. The van der Waals surface area contributed by atoms with E-state index >= 15 is 0 Å². The molecule has 0 spiro atoms. The number of carbonyl (C=O) groups excluding carboxylic acids is 1. The van der Waals surface area contributed by atoms with Crippen LogP contribution < -0.4 is 5.32 Å². The van der Waals surface area contributed by atoms with E-state index in [9.17, 15) is 4.79 Å². The van der Waals surface area contributed by atoms with Gasteiger partial charge in [0, 0.05) is 38.9 Å². The molecule has 6 heteroatoms. The summed E-state index contributed by atoms with van der Waals surface area (Å²) in [4.78, 5) is 20.6. The van der Waals surface area contributed by atoms with Crippen molar-refractivity contribution in [3.8, 4) is 0 Å². The van der Waals surface area contributed by atoms with Crippen molar-refractivity contribution < 1.29 is 9.53 Å². The maximum Gasteiger partial charge on any atom is 0.323 e. The van der Waals surface area contributed by atoms with Gasteiger partial charge >= 0.3 is 6.03 Å². The van der Waals surface area contributed by atoms with Crippen molar-refractivity contribution in [2.24, 2.45) is 0 Å². The second-order valence-electron chi connectivity index (χ2n) is 5.90. The standard InChI is InChI=1S/C16H26N4O2/c1-13(2)22-11-10-19-6-8-20(9-7-19)16(21)18-15-5-4-14(3)12-17-15/h4-5,12-13H,6-11H2,1-3H3,(H,17,18,21). The highest BCUT2D eigenvalue weighted by atomic mass is 16.5. The third-order valence-electron chi connectivity index (χ3n) is 3.66. The van der Waals surface area contributed by atoms with Gasteiger partial charge in [-0.1, -0.05) is 6.07 Å². The smallest absolute Gasteiger partial charge is 0.323 e. The number of hydrogen-bond acceptors (Lipinski definition) is 4. The van der Waals surface area contributed by atoms with E-state index in [0.29, 0.717) is 5.82 Å². The van der Waals surface area contributed by atoms with Gasteiger partial charge in [0.2, 0.25) is 0 Å². The van der Waals surface area contributed by atoms with Crippen LogP contribution in [-0.4, -0.2) is 66.2 Å². The Labute approximate surface area is 132 Å². The summed E-state index contributed by atoms with van der Waals surface area (Å²) in [6.45, 7) is 11.0. The van der Waals surface area contributed by atoms with E-state index in [2.05, 4.69) is 15.2 Å². The number of ether oxygens (including phenoxy) is 1. The van der Waals surface area contributed by atoms with Crippen LogP contribution >= 0.6 is 0 Å². The van der Waals surface area contributed by atoms with Crippen LogP contribution in [0.3, 0.4) is 0 Å². The minimum Gasteiger partial charge on any atom is -0.377 e. The van der Waals surface area contributed by atoms with Crippen LogP contribution in [0, 0.1) is 6.92 Å². The normalized spacial score (nSPS) is 16.1. The third kappa shape index (κ3) is 5.27. The molecule has 0 unspecified atom stereocenters. The number of rotatable bonds is 5. The second-order valence-corrected chi connectivity index (χ2v) is 5.90. The van der Waals surface area contributed by atoms with Gasteiger partial charge in [-0.25, -0.2) is 9.78 Å². The fourth-order valence-electron chi connectivity index (χ4n) is 2.32. The van der Waals surface area contributed by atoms with Crippen LogP contribution in [0.15, 0.2) is 18.3 Å². The number of amides is 2. The Morgan fingerprint density at radius 1 is 1.32 bits per heavy atom. The molecule has 0 aliphatic carbocycles. The third-order valence-corrected chi connectivity index (χ3v) is 3.66. The van der Waals surface area contributed by atoms with Gasteiger partial charge in [-0.15, -0.1) is 0 Å². The zero-order chi connectivity index (χ0) is 15.9. The Morgan fingerprint density at radius 3 is 2.64 bits per heavy atom. The van der Waals surface area contributed by atoms with Crippen molar-refractivity contribution in [1.29, 1.82) is 0 Å². The molecule has 1 aliphatic heterocycles. The minimum absolute atomic E-state index is 0.0746. The van der Waals surface area contributed by atoms with Crippen molar-refractivity contribution in [2.45, 2.75) is 26.9 Å². The molecule has 6 nitrogen and oxygen atoms in total. The Balaban J connectivity index is 1.71. The number of piperazine rings is 1. The Morgan fingerprint density at radius 2 is 2.05 bits per heavy atom. The summed E-state index contributed by atoms with van der Waals surface area (Å²) in [5.41, 5.74) is 1.08. The van der Waals surface area contributed by atoms with Gasteiger partial charge < -0.3 is 9.64 Å². The molecule has 2 rings (SSSR count). The molecule has 0 bridgehead atoms. The maximum atomic E-state index is 12.2. The number of nitrogens with zero attached hydrogens (tertiary/aromatic N) is 3. The first kappa shape index (κ1) is 16.7. The highest BCUT2D eigenvalue weighted by Crippen LogP contribution is 2.08. The van der Waals surface area contributed by atoms with Crippen molar-refractivity contribution >= 4 is 11.8 Å². The molecule has 1 fully saturated rings. The van der Waals surface area contributed by atoms with Gasteiger partial charge in [0.15, 0.2) is 0 Å². The molecule has 1 N–H and O–H groups in total. The number of aryl methyl sites for hydroxylation is 1. The van der Waals surface area contributed by atoms with Crippen LogP contribution in [0.4, 0.5) is 10.6 Å². The second kappa shape index (κ2) is 8.10. The Bertz CT molecular complexity index is 468. The molecule has 0 aromatic carbocycles. The van der Waals surface area contributed by atoms with Crippen molar-refractivity contribution in [1.82, 2.24) is 14.8 Å². The van der Waals surface area contributed by atoms with Gasteiger partial charge in [0.1, 0.15) is 5.82 Å². The average Bonchev–Trinajstić information content (AvgIpc) is 2.50. The van der Waals surface area contributed by atoms with Crippen LogP contribution in [0.1, 0.15) is 19.4 Å². The summed E-state index contributed by atoms with van der Waals surface area (Å²) in [6, 6.07) is 3.69. The molecule has 1 aromatic heterocycles. The van der Waals surface area contributed by atoms with E-state index < -0.39 is 0 Å². The predicted octanol–water partition coefficient (Wildman–Crippen LogP) is 1.96. The predicted molar refractivity (Wildman–Crippen MR) is 87.1 cm³/mol. The fraction of sp³-hybridized carbons (Fsp3) is 0.625. The number of urea groups is 1. The first-order valence-corrected chi connectivity index (χ1v) is 7.87. The first-order chi connectivity index (χ1) is 10.5. The highest BCUT2D eigenvalue weighted by Gasteiger charge is 2.21. The van der Waals surface area contributed by atoms with Crippen LogP contribution in [-0.2, 0) is 4.74 Å². The lowest BCUT2D eigenvalue weighted by Gasteiger charge is -2.34. The average molecular weight is 306 g/mol. The van der Waals surface area contributed by atoms with Crippen molar-refractivity contribution in [3.63, 3.8) is 0 Å². The quantitative estimate of drug-likeness (QED) is 0.903. The molecule has 1 saturated heterocycles. The van der Waals surface area contributed by atoms with Crippen LogP contribution in [0.2, 0.25) is 0 Å². The molecule has 122 valence electrons. The summed E-state index contributed by atoms with van der Waals surface area (Å²) >= 11 is 0. The van der Waals surface area contributed by atoms with Gasteiger partial charge in [0.05, 0.1) is 12.7 Å². The summed E-state index contributed by atoms with van der Waals surface area (Å²) in [5, 5.41) is 2.84. The van der Waals surface area contributed by atoms with Gasteiger partial charge in [0.25, 0.3) is 0 Å². The molecule has 22 heavy (non-hydrogen) atoms. The molecule has 0 radical (unpaired) electrons. The molecule has 0 atom stereocenters. The zero-order valence-electron chi connectivity index (χ0n) is 13.7. The highest BCUT2D eigenvalue weighted by molar-refractivity contribution is 5.88. The Kier molecular flexibility index (Phi) is 6.15. The van der Waals surface area contributed by atoms with Crippen LogP contribution in [0.5, 0.6) is 0 Å². The van der Waals surface area contributed by atoms with Crippen LogP contribution in [0.25, 0.3) is 0 Å².